The number of hydrogen-bond donors (Lipinski definition) is 1. The van der Waals surface area contributed by atoms with Gasteiger partial charge in [-0.25, -0.2) is 4.79 Å². The zero-order chi connectivity index (χ0) is 17.3. The molecule has 122 valence electrons. The average Bonchev–Trinajstić information content (AvgIpc) is 2.58. The van der Waals surface area contributed by atoms with Gasteiger partial charge < -0.3 is 14.5 Å². The summed E-state index contributed by atoms with van der Waals surface area (Å²) in [6, 6.07) is 12.2. The molecule has 24 heavy (non-hydrogen) atoms. The molecule has 0 radical (unpaired) electrons. The number of nitrogens with one attached hydrogen (secondary N) is 1. The number of ether oxygens (including phenoxy) is 1. The molecule has 0 aliphatic heterocycles. The van der Waals surface area contributed by atoms with Gasteiger partial charge in [-0.3, -0.25) is 4.79 Å². The fraction of sp³-hybridized carbons (Fsp3) is 0.158. The van der Waals surface area contributed by atoms with E-state index in [2.05, 4.69) is 5.32 Å². The summed E-state index contributed by atoms with van der Waals surface area (Å²) in [5.41, 5.74) is 2.38. The molecule has 0 saturated carbocycles. The molecule has 0 atom stereocenters. The Balaban J connectivity index is 2.01. The van der Waals surface area contributed by atoms with Crippen molar-refractivity contribution in [2.45, 2.75) is 13.8 Å². The Morgan fingerprint density at radius 3 is 2.67 bits per heavy atom. The van der Waals surface area contributed by atoms with Crippen LogP contribution in [0.25, 0.3) is 11.0 Å². The van der Waals surface area contributed by atoms with Crippen molar-refractivity contribution in [2.75, 3.05) is 12.4 Å². The summed E-state index contributed by atoms with van der Waals surface area (Å²) in [7, 11) is 1.55. The van der Waals surface area contributed by atoms with Crippen LogP contribution in [0, 0.1) is 13.8 Å². The molecule has 0 bridgehead atoms. The number of aryl methyl sites for hydroxylation is 1. The van der Waals surface area contributed by atoms with Crippen LogP contribution in [0.2, 0.25) is 0 Å². The first kappa shape index (κ1) is 15.8. The summed E-state index contributed by atoms with van der Waals surface area (Å²) in [6.45, 7) is 3.88. The minimum absolute atomic E-state index is 0.0448. The van der Waals surface area contributed by atoms with Crippen LogP contribution in [0.5, 0.6) is 5.75 Å². The van der Waals surface area contributed by atoms with Gasteiger partial charge in [-0.2, -0.15) is 0 Å². The van der Waals surface area contributed by atoms with Gasteiger partial charge in [-0.15, -0.1) is 0 Å². The molecule has 5 nitrogen and oxygen atoms in total. The number of rotatable bonds is 3. The van der Waals surface area contributed by atoms with E-state index < -0.39 is 11.5 Å². The number of anilines is 1. The molecule has 2 aromatic carbocycles. The maximum absolute atomic E-state index is 12.5. The Labute approximate surface area is 138 Å². The number of carbonyl (C=O) groups is 1. The quantitative estimate of drug-likeness (QED) is 0.747. The Hall–Kier alpha value is -3.08. The van der Waals surface area contributed by atoms with Crippen molar-refractivity contribution in [3.63, 3.8) is 0 Å². The Morgan fingerprint density at radius 2 is 1.92 bits per heavy atom. The molecule has 0 unspecified atom stereocenters. The first-order valence-electron chi connectivity index (χ1n) is 7.49. The number of fused-ring (bicyclic) bond motifs is 1. The number of carbonyl (C=O) groups excluding carboxylic acids is 1. The highest BCUT2D eigenvalue weighted by Gasteiger charge is 2.15. The summed E-state index contributed by atoms with van der Waals surface area (Å²) >= 11 is 0. The van der Waals surface area contributed by atoms with Gasteiger partial charge in [-0.05, 0) is 55.3 Å². The zero-order valence-electron chi connectivity index (χ0n) is 13.7. The molecule has 0 saturated heterocycles. The third kappa shape index (κ3) is 2.88. The van der Waals surface area contributed by atoms with E-state index in [9.17, 15) is 9.59 Å². The first-order valence-corrected chi connectivity index (χ1v) is 7.49. The summed E-state index contributed by atoms with van der Waals surface area (Å²) in [5, 5.41) is 3.40. The van der Waals surface area contributed by atoms with Crippen LogP contribution < -0.4 is 15.7 Å². The predicted molar refractivity (Wildman–Crippen MR) is 92.9 cm³/mol. The summed E-state index contributed by atoms with van der Waals surface area (Å²) in [6.07, 6.45) is 0. The Kier molecular flexibility index (Phi) is 4.08. The number of methoxy groups -OCH3 is 1. The number of benzene rings is 2. The molecule has 3 aromatic rings. The van der Waals surface area contributed by atoms with E-state index in [1.807, 2.05) is 26.0 Å². The monoisotopic (exact) mass is 323 g/mol. The Morgan fingerprint density at radius 1 is 1.12 bits per heavy atom. The third-order valence-electron chi connectivity index (χ3n) is 4.04. The van der Waals surface area contributed by atoms with Crippen LogP contribution in [0.4, 0.5) is 5.69 Å². The highest BCUT2D eigenvalue weighted by Crippen LogP contribution is 2.22. The van der Waals surface area contributed by atoms with Gasteiger partial charge >= 0.3 is 5.63 Å². The van der Waals surface area contributed by atoms with Gasteiger partial charge in [-0.1, -0.05) is 12.1 Å². The lowest BCUT2D eigenvalue weighted by Crippen LogP contribution is -2.21. The summed E-state index contributed by atoms with van der Waals surface area (Å²) in [4.78, 5) is 24.6. The molecule has 0 aliphatic rings. The third-order valence-corrected chi connectivity index (χ3v) is 4.04. The Bertz CT molecular complexity index is 988. The smallest absolute Gasteiger partial charge is 0.349 e. The van der Waals surface area contributed by atoms with Gasteiger partial charge in [0.2, 0.25) is 0 Å². The maximum Gasteiger partial charge on any atom is 0.349 e. The second-order valence-electron chi connectivity index (χ2n) is 5.55. The maximum atomic E-state index is 12.5. The van der Waals surface area contributed by atoms with Crippen molar-refractivity contribution in [1.82, 2.24) is 0 Å². The van der Waals surface area contributed by atoms with Gasteiger partial charge in [0.05, 0.1) is 7.11 Å². The van der Waals surface area contributed by atoms with Crippen molar-refractivity contribution in [1.29, 1.82) is 0 Å². The number of hydrogen-bond acceptors (Lipinski definition) is 4. The highest BCUT2D eigenvalue weighted by atomic mass is 16.5. The van der Waals surface area contributed by atoms with Crippen LogP contribution in [-0.2, 0) is 0 Å². The average molecular weight is 323 g/mol. The van der Waals surface area contributed by atoms with E-state index >= 15 is 0 Å². The zero-order valence-corrected chi connectivity index (χ0v) is 13.7. The molecule has 1 amide bonds. The molecular weight excluding hydrogens is 306 g/mol. The minimum atomic E-state index is -0.671. The SMILES string of the molecule is COc1ccc2oc(=O)c(C(=O)Nc3cccc(C)c3C)cc2c1. The van der Waals surface area contributed by atoms with E-state index in [0.29, 0.717) is 22.4 Å². The van der Waals surface area contributed by atoms with E-state index in [1.54, 1.807) is 31.4 Å². The lowest BCUT2D eigenvalue weighted by Gasteiger charge is -2.10. The molecule has 1 N–H and O–H groups in total. The second-order valence-corrected chi connectivity index (χ2v) is 5.55. The highest BCUT2D eigenvalue weighted by molar-refractivity contribution is 6.05. The van der Waals surface area contributed by atoms with Gasteiger partial charge in [0.25, 0.3) is 5.91 Å². The van der Waals surface area contributed by atoms with Crippen LogP contribution in [0.15, 0.2) is 51.7 Å². The lowest BCUT2D eigenvalue weighted by molar-refractivity contribution is 0.102. The fourth-order valence-electron chi connectivity index (χ4n) is 2.46. The molecule has 1 heterocycles. The minimum Gasteiger partial charge on any atom is -0.497 e. The molecular formula is C19H17NO4. The fourth-order valence-corrected chi connectivity index (χ4v) is 2.46. The molecule has 3 rings (SSSR count). The van der Waals surface area contributed by atoms with E-state index in [1.165, 1.54) is 6.07 Å². The standard InChI is InChI=1S/C19H17NO4/c1-11-5-4-6-16(12(11)2)20-18(21)15-10-13-9-14(23-3)7-8-17(13)24-19(15)22/h4-10H,1-3H3,(H,20,21). The van der Waals surface area contributed by atoms with Crippen molar-refractivity contribution < 1.29 is 13.9 Å². The van der Waals surface area contributed by atoms with Crippen molar-refractivity contribution in [3.05, 3.63) is 69.6 Å². The molecule has 0 spiro atoms. The largest absolute Gasteiger partial charge is 0.497 e. The van der Waals surface area contributed by atoms with Gasteiger partial charge in [0.15, 0.2) is 0 Å². The number of amides is 1. The molecule has 1 aromatic heterocycles. The topological polar surface area (TPSA) is 68.5 Å². The van der Waals surface area contributed by atoms with Gasteiger partial charge in [0.1, 0.15) is 16.9 Å². The second kappa shape index (κ2) is 6.20. The molecule has 0 fully saturated rings. The van der Waals surface area contributed by atoms with Crippen LogP contribution >= 0.6 is 0 Å². The molecule has 5 heteroatoms. The van der Waals surface area contributed by atoms with Crippen LogP contribution in [0.3, 0.4) is 0 Å². The van der Waals surface area contributed by atoms with Gasteiger partial charge in [0, 0.05) is 11.1 Å². The van der Waals surface area contributed by atoms with Crippen LogP contribution in [-0.4, -0.2) is 13.0 Å². The summed E-state index contributed by atoms with van der Waals surface area (Å²) < 4.78 is 10.4. The van der Waals surface area contributed by atoms with E-state index in [4.69, 9.17) is 9.15 Å². The molecule has 0 aliphatic carbocycles. The lowest BCUT2D eigenvalue weighted by atomic mass is 10.1. The van der Waals surface area contributed by atoms with Crippen molar-refractivity contribution in [2.24, 2.45) is 0 Å². The van der Waals surface area contributed by atoms with Crippen molar-refractivity contribution in [3.8, 4) is 5.75 Å². The van der Waals surface area contributed by atoms with E-state index in [-0.39, 0.29) is 5.56 Å². The van der Waals surface area contributed by atoms with Crippen LogP contribution in [0.1, 0.15) is 21.5 Å². The summed E-state index contributed by atoms with van der Waals surface area (Å²) in [5.74, 6) is 0.124. The van der Waals surface area contributed by atoms with Crippen molar-refractivity contribution >= 4 is 22.6 Å². The first-order chi connectivity index (χ1) is 11.5. The van der Waals surface area contributed by atoms with E-state index in [0.717, 1.165) is 11.1 Å². The normalized spacial score (nSPS) is 10.6. The predicted octanol–water partition coefficient (Wildman–Crippen LogP) is 3.67.